The van der Waals surface area contributed by atoms with Crippen LogP contribution in [0.2, 0.25) is 0 Å². The highest BCUT2D eigenvalue weighted by Crippen LogP contribution is 2.35. The van der Waals surface area contributed by atoms with Crippen LogP contribution in [0.1, 0.15) is 49.1 Å². The topological polar surface area (TPSA) is 77.0 Å². The Balaban J connectivity index is 1.53. The Morgan fingerprint density at radius 3 is 2.46 bits per heavy atom. The van der Waals surface area contributed by atoms with Gasteiger partial charge in [-0.1, -0.05) is 72.0 Å². The van der Waals surface area contributed by atoms with E-state index in [0.29, 0.717) is 26.4 Å². The van der Waals surface area contributed by atoms with E-state index < -0.39 is 12.0 Å². The van der Waals surface area contributed by atoms with Gasteiger partial charge in [-0.15, -0.1) is 0 Å². The summed E-state index contributed by atoms with van der Waals surface area (Å²) >= 11 is 1.29. The maximum atomic E-state index is 13.9. The molecule has 2 aliphatic rings. The second-order valence-electron chi connectivity index (χ2n) is 9.57. The standard InChI is InChI=1S/C31H29N3O4S/c1-2-37-30(36)26-27(21-12-6-3-7-13-21)32-31-34(28(26)22-14-8-4-9-15-22)29(35)24(39-31)20-23-16-17-25(38-23)33-18-10-5-11-19-33/h3-4,6-9,12-17,20,28H,2,5,10-11,18-19H2,1H3/b24-20-/t28-/m1/s1. The maximum absolute atomic E-state index is 13.9. The van der Waals surface area contributed by atoms with Crippen molar-refractivity contribution in [3.63, 3.8) is 0 Å². The maximum Gasteiger partial charge on any atom is 0.338 e. The number of hydrogen-bond donors (Lipinski definition) is 0. The number of furan rings is 1. The Labute approximate surface area is 230 Å². The summed E-state index contributed by atoms with van der Waals surface area (Å²) in [6, 6.07) is 22.3. The Morgan fingerprint density at radius 2 is 1.74 bits per heavy atom. The molecule has 1 saturated heterocycles. The third-order valence-electron chi connectivity index (χ3n) is 7.04. The Morgan fingerprint density at radius 1 is 1.03 bits per heavy atom. The second-order valence-corrected chi connectivity index (χ2v) is 10.6. The predicted molar refractivity (Wildman–Crippen MR) is 152 cm³/mol. The molecule has 0 amide bonds. The zero-order valence-electron chi connectivity index (χ0n) is 21.7. The number of rotatable bonds is 6. The van der Waals surface area contributed by atoms with Crippen molar-refractivity contribution < 1.29 is 13.9 Å². The van der Waals surface area contributed by atoms with E-state index in [1.165, 1.54) is 17.8 Å². The van der Waals surface area contributed by atoms with Crippen LogP contribution in [-0.4, -0.2) is 30.2 Å². The van der Waals surface area contributed by atoms with Gasteiger partial charge in [0.2, 0.25) is 0 Å². The molecule has 0 radical (unpaired) electrons. The fraction of sp³-hybridized carbons (Fsp3) is 0.258. The minimum atomic E-state index is -0.681. The number of aromatic nitrogens is 1. The zero-order valence-corrected chi connectivity index (χ0v) is 22.5. The molecular formula is C31H29N3O4S. The van der Waals surface area contributed by atoms with Gasteiger partial charge in [0.05, 0.1) is 28.5 Å². The van der Waals surface area contributed by atoms with Crippen LogP contribution in [0.5, 0.6) is 0 Å². The first-order chi connectivity index (χ1) is 19.1. The van der Waals surface area contributed by atoms with Gasteiger partial charge in [0.25, 0.3) is 5.56 Å². The van der Waals surface area contributed by atoms with Crippen LogP contribution in [0.3, 0.4) is 0 Å². The summed E-state index contributed by atoms with van der Waals surface area (Å²) in [5.74, 6) is 0.956. The average Bonchev–Trinajstić information content (AvgIpc) is 3.58. The third kappa shape index (κ3) is 4.88. The highest BCUT2D eigenvalue weighted by molar-refractivity contribution is 7.07. The van der Waals surface area contributed by atoms with Crippen LogP contribution in [0, 0.1) is 0 Å². The van der Waals surface area contributed by atoms with Gasteiger partial charge in [0.1, 0.15) is 5.76 Å². The fourth-order valence-corrected chi connectivity index (χ4v) is 6.21. The molecule has 2 aromatic heterocycles. The van der Waals surface area contributed by atoms with Crippen molar-refractivity contribution in [2.24, 2.45) is 4.99 Å². The van der Waals surface area contributed by atoms with Crippen LogP contribution >= 0.6 is 11.3 Å². The normalized spacial score (nSPS) is 17.6. The van der Waals surface area contributed by atoms with E-state index in [1.807, 2.05) is 72.8 Å². The number of thiazole rings is 1. The molecule has 2 aliphatic heterocycles. The zero-order chi connectivity index (χ0) is 26.8. The van der Waals surface area contributed by atoms with Gasteiger partial charge in [-0.25, -0.2) is 9.79 Å². The third-order valence-corrected chi connectivity index (χ3v) is 8.03. The predicted octanol–water partition coefficient (Wildman–Crippen LogP) is 4.52. The number of carbonyl (C=O) groups is 1. The van der Waals surface area contributed by atoms with Crippen LogP contribution in [-0.2, 0) is 9.53 Å². The number of benzene rings is 2. The molecular weight excluding hydrogens is 510 g/mol. The monoisotopic (exact) mass is 539 g/mol. The minimum Gasteiger partial charge on any atom is -0.463 e. The molecule has 2 aromatic carbocycles. The molecule has 0 unspecified atom stereocenters. The molecule has 8 heteroatoms. The Hall–Kier alpha value is -4.17. The molecule has 0 spiro atoms. The number of anilines is 1. The van der Waals surface area contributed by atoms with E-state index >= 15 is 0 Å². The van der Waals surface area contributed by atoms with E-state index in [4.69, 9.17) is 14.1 Å². The van der Waals surface area contributed by atoms with Gasteiger partial charge in [-0.2, -0.15) is 0 Å². The number of ether oxygens (including phenoxy) is 1. The number of esters is 1. The van der Waals surface area contributed by atoms with Crippen LogP contribution in [0.15, 0.2) is 92.6 Å². The molecule has 0 bridgehead atoms. The van der Waals surface area contributed by atoms with Crippen molar-refractivity contribution in [1.29, 1.82) is 0 Å². The van der Waals surface area contributed by atoms with Crippen LogP contribution in [0.4, 0.5) is 5.88 Å². The fourth-order valence-electron chi connectivity index (χ4n) is 5.22. The molecule has 0 saturated carbocycles. The average molecular weight is 540 g/mol. The molecule has 1 atom stereocenters. The molecule has 0 aliphatic carbocycles. The summed E-state index contributed by atoms with van der Waals surface area (Å²) in [6.07, 6.45) is 5.32. The van der Waals surface area contributed by atoms with Crippen molar-refractivity contribution >= 4 is 35.0 Å². The van der Waals surface area contributed by atoms with E-state index in [9.17, 15) is 9.59 Å². The van der Waals surface area contributed by atoms with E-state index in [1.54, 1.807) is 17.6 Å². The quantitative estimate of drug-likeness (QED) is 0.337. The first-order valence-corrected chi connectivity index (χ1v) is 14.1. The lowest BCUT2D eigenvalue weighted by Crippen LogP contribution is -2.39. The molecule has 7 nitrogen and oxygen atoms in total. The summed E-state index contributed by atoms with van der Waals surface area (Å²) in [7, 11) is 0. The highest BCUT2D eigenvalue weighted by atomic mass is 32.1. The smallest absolute Gasteiger partial charge is 0.338 e. The Kier molecular flexibility index (Phi) is 7.02. The van der Waals surface area contributed by atoms with Gasteiger partial charge in [-0.05, 0) is 37.8 Å². The summed E-state index contributed by atoms with van der Waals surface area (Å²) in [6.45, 7) is 3.94. The van der Waals surface area contributed by atoms with Gasteiger partial charge in [0.15, 0.2) is 10.7 Å². The Bertz CT molecular complexity index is 1690. The molecule has 0 N–H and O–H groups in total. The first kappa shape index (κ1) is 25.1. The number of carbonyl (C=O) groups excluding carboxylic acids is 1. The van der Waals surface area contributed by atoms with Crippen LogP contribution < -0.4 is 19.8 Å². The van der Waals surface area contributed by atoms with Crippen molar-refractivity contribution in [3.8, 4) is 0 Å². The van der Waals surface area contributed by atoms with E-state index in [2.05, 4.69) is 4.90 Å². The number of fused-ring (bicyclic) bond motifs is 1. The SMILES string of the molecule is CCOC(=O)C1=C(c2ccccc2)N=c2s/c(=C\c3ccc(N4CCCCC4)o3)c(=O)n2[C@@H]1c1ccccc1. The molecule has 6 rings (SSSR count). The lowest BCUT2D eigenvalue weighted by Gasteiger charge is -2.25. The number of hydrogen-bond acceptors (Lipinski definition) is 7. The van der Waals surface area contributed by atoms with Gasteiger partial charge in [-0.3, -0.25) is 9.36 Å². The highest BCUT2D eigenvalue weighted by Gasteiger charge is 2.35. The molecule has 4 aromatic rings. The van der Waals surface area contributed by atoms with Crippen molar-refractivity contribution in [3.05, 3.63) is 115 Å². The molecule has 1 fully saturated rings. The van der Waals surface area contributed by atoms with Gasteiger partial charge < -0.3 is 14.1 Å². The van der Waals surface area contributed by atoms with Crippen molar-refractivity contribution in [2.75, 3.05) is 24.6 Å². The van der Waals surface area contributed by atoms with Crippen LogP contribution in [0.25, 0.3) is 11.8 Å². The number of nitrogens with zero attached hydrogens (tertiary/aromatic N) is 3. The largest absolute Gasteiger partial charge is 0.463 e. The summed E-state index contributed by atoms with van der Waals surface area (Å²) in [4.78, 5) is 35.0. The van der Waals surface area contributed by atoms with E-state index in [-0.39, 0.29) is 12.2 Å². The van der Waals surface area contributed by atoms with Crippen molar-refractivity contribution in [2.45, 2.75) is 32.2 Å². The van der Waals surface area contributed by atoms with Crippen molar-refractivity contribution in [1.82, 2.24) is 4.57 Å². The molecule has 39 heavy (non-hydrogen) atoms. The second kappa shape index (κ2) is 10.9. The molecule has 4 heterocycles. The van der Waals surface area contributed by atoms with Gasteiger partial charge in [0, 0.05) is 30.8 Å². The lowest BCUT2D eigenvalue weighted by molar-refractivity contribution is -0.138. The number of piperidine rings is 1. The minimum absolute atomic E-state index is 0.216. The van der Waals surface area contributed by atoms with E-state index in [0.717, 1.165) is 42.9 Å². The summed E-state index contributed by atoms with van der Waals surface area (Å²) < 4.78 is 13.7. The summed E-state index contributed by atoms with van der Waals surface area (Å²) in [5, 5.41) is 0. The first-order valence-electron chi connectivity index (χ1n) is 13.3. The lowest BCUT2D eigenvalue weighted by atomic mass is 9.93. The summed E-state index contributed by atoms with van der Waals surface area (Å²) in [5.41, 5.74) is 2.23. The molecule has 198 valence electrons. The van der Waals surface area contributed by atoms with Gasteiger partial charge >= 0.3 is 5.97 Å².